The van der Waals surface area contributed by atoms with Crippen molar-refractivity contribution in [2.24, 2.45) is 17.1 Å². The van der Waals surface area contributed by atoms with Crippen LogP contribution < -0.4 is 5.73 Å². The third kappa shape index (κ3) is 3.61. The van der Waals surface area contributed by atoms with Gasteiger partial charge in [0.2, 0.25) is 0 Å². The molecule has 96 valence electrons. The summed E-state index contributed by atoms with van der Waals surface area (Å²) < 4.78 is 0. The first-order valence-electron chi connectivity index (χ1n) is 6.64. The van der Waals surface area contributed by atoms with Gasteiger partial charge in [-0.3, -0.25) is 0 Å². The van der Waals surface area contributed by atoms with Crippen molar-refractivity contribution in [1.29, 1.82) is 0 Å². The molecule has 1 saturated carbocycles. The first-order valence-corrected chi connectivity index (χ1v) is 6.64. The van der Waals surface area contributed by atoms with Crippen molar-refractivity contribution in [2.75, 3.05) is 26.2 Å². The molecule has 1 aliphatic heterocycles. The van der Waals surface area contributed by atoms with Crippen molar-refractivity contribution < 1.29 is 0 Å². The van der Waals surface area contributed by atoms with Crippen molar-refractivity contribution in [3.8, 4) is 0 Å². The summed E-state index contributed by atoms with van der Waals surface area (Å²) >= 11 is 0. The van der Waals surface area contributed by atoms with Gasteiger partial charge in [-0.05, 0) is 43.8 Å². The molecule has 2 aliphatic rings. The number of nitrogens with zero attached hydrogens (tertiary/aromatic N) is 1. The Kier molecular flexibility index (Phi) is 5.55. The molecule has 0 amide bonds. The van der Waals surface area contributed by atoms with Crippen LogP contribution >= 0.6 is 12.4 Å². The monoisotopic (exact) mass is 246 g/mol. The second kappa shape index (κ2) is 6.23. The molecular formula is C13H27ClN2. The molecule has 0 aromatic heterocycles. The molecule has 1 aliphatic carbocycles. The van der Waals surface area contributed by atoms with Crippen molar-refractivity contribution >= 4 is 12.4 Å². The Hall–Kier alpha value is 0.210. The Labute approximate surface area is 106 Å². The second-order valence-corrected chi connectivity index (χ2v) is 5.98. The largest absolute Gasteiger partial charge is 0.330 e. The van der Waals surface area contributed by atoms with Crippen LogP contribution in [0.25, 0.3) is 0 Å². The lowest BCUT2D eigenvalue weighted by Gasteiger charge is -2.23. The highest BCUT2D eigenvalue weighted by Crippen LogP contribution is 2.31. The lowest BCUT2D eigenvalue weighted by atomic mass is 9.90. The minimum absolute atomic E-state index is 0. The van der Waals surface area contributed by atoms with Crippen molar-refractivity contribution in [1.82, 2.24) is 4.90 Å². The van der Waals surface area contributed by atoms with Crippen LogP contribution in [0.4, 0.5) is 0 Å². The summed E-state index contributed by atoms with van der Waals surface area (Å²) in [7, 11) is 0. The maximum atomic E-state index is 5.82. The Morgan fingerprint density at radius 1 is 1.31 bits per heavy atom. The molecule has 0 aromatic rings. The van der Waals surface area contributed by atoms with E-state index in [1.54, 1.807) is 0 Å². The molecule has 1 heterocycles. The third-order valence-corrected chi connectivity index (χ3v) is 4.46. The smallest absolute Gasteiger partial charge is 0.00479 e. The Morgan fingerprint density at radius 2 is 2.00 bits per heavy atom. The maximum Gasteiger partial charge on any atom is 0.00479 e. The highest BCUT2D eigenvalue weighted by molar-refractivity contribution is 5.85. The van der Waals surface area contributed by atoms with E-state index in [9.17, 15) is 0 Å². The summed E-state index contributed by atoms with van der Waals surface area (Å²) in [5.74, 6) is 1.04. The molecule has 0 aromatic carbocycles. The fourth-order valence-corrected chi connectivity index (χ4v) is 3.15. The molecular weight excluding hydrogens is 220 g/mol. The molecule has 3 heteroatoms. The van der Waals surface area contributed by atoms with Gasteiger partial charge >= 0.3 is 0 Å². The van der Waals surface area contributed by atoms with Crippen LogP contribution in [0, 0.1) is 11.3 Å². The lowest BCUT2D eigenvalue weighted by molar-refractivity contribution is 0.262. The lowest BCUT2D eigenvalue weighted by Crippen LogP contribution is -2.32. The Morgan fingerprint density at radius 3 is 2.56 bits per heavy atom. The summed E-state index contributed by atoms with van der Waals surface area (Å²) in [5.41, 5.74) is 6.23. The zero-order valence-electron chi connectivity index (χ0n) is 10.6. The van der Waals surface area contributed by atoms with Gasteiger partial charge in [0.25, 0.3) is 0 Å². The predicted octanol–water partition coefficient (Wildman–Crippen LogP) is 2.66. The molecule has 1 saturated heterocycles. The van der Waals surface area contributed by atoms with Gasteiger partial charge < -0.3 is 10.6 Å². The molecule has 2 rings (SSSR count). The number of hydrogen-bond acceptors (Lipinski definition) is 2. The highest BCUT2D eigenvalue weighted by atomic mass is 35.5. The van der Waals surface area contributed by atoms with Crippen LogP contribution in [-0.2, 0) is 0 Å². The van der Waals surface area contributed by atoms with E-state index in [0.29, 0.717) is 5.41 Å². The van der Waals surface area contributed by atoms with Gasteiger partial charge in [-0.15, -0.1) is 12.4 Å². The van der Waals surface area contributed by atoms with E-state index in [1.807, 2.05) is 0 Å². The van der Waals surface area contributed by atoms with Gasteiger partial charge in [0.1, 0.15) is 0 Å². The fourth-order valence-electron chi connectivity index (χ4n) is 3.15. The molecule has 2 fully saturated rings. The second-order valence-electron chi connectivity index (χ2n) is 5.98. The molecule has 0 spiro atoms. The summed E-state index contributed by atoms with van der Waals surface area (Å²) in [6.07, 6.45) is 8.66. The Bertz CT molecular complexity index is 204. The SMILES string of the molecule is CC1(CN)CCN(CCC2CCCC2)C1.Cl. The standard InChI is InChI=1S/C13H26N2.ClH/c1-13(10-14)7-9-15(11-13)8-6-12-4-2-3-5-12;/h12H,2-11,14H2,1H3;1H. The van der Waals surface area contributed by atoms with Gasteiger partial charge in [0.15, 0.2) is 0 Å². The first kappa shape index (κ1) is 14.3. The number of nitrogens with two attached hydrogens (primary N) is 1. The van der Waals surface area contributed by atoms with Crippen molar-refractivity contribution in [2.45, 2.75) is 45.4 Å². The van der Waals surface area contributed by atoms with Crippen LogP contribution in [0.2, 0.25) is 0 Å². The van der Waals surface area contributed by atoms with E-state index in [-0.39, 0.29) is 12.4 Å². The first-order chi connectivity index (χ1) is 7.22. The van der Waals surface area contributed by atoms with E-state index in [2.05, 4.69) is 11.8 Å². The van der Waals surface area contributed by atoms with Crippen molar-refractivity contribution in [3.63, 3.8) is 0 Å². The third-order valence-electron chi connectivity index (χ3n) is 4.46. The number of halogens is 1. The molecule has 2 nitrogen and oxygen atoms in total. The Balaban J connectivity index is 0.00000128. The summed E-state index contributed by atoms with van der Waals surface area (Å²) in [6, 6.07) is 0. The van der Waals surface area contributed by atoms with E-state index in [4.69, 9.17) is 5.73 Å². The summed E-state index contributed by atoms with van der Waals surface area (Å²) in [6.45, 7) is 7.02. The van der Waals surface area contributed by atoms with Crippen LogP contribution in [0.3, 0.4) is 0 Å². The van der Waals surface area contributed by atoms with Crippen LogP contribution in [0.15, 0.2) is 0 Å². The van der Waals surface area contributed by atoms with Crippen molar-refractivity contribution in [3.05, 3.63) is 0 Å². The minimum Gasteiger partial charge on any atom is -0.330 e. The summed E-state index contributed by atoms with van der Waals surface area (Å²) in [5, 5.41) is 0. The topological polar surface area (TPSA) is 29.3 Å². The molecule has 1 unspecified atom stereocenters. The van der Waals surface area contributed by atoms with Crippen LogP contribution in [0.1, 0.15) is 45.4 Å². The number of rotatable bonds is 4. The van der Waals surface area contributed by atoms with Gasteiger partial charge in [0, 0.05) is 6.54 Å². The van der Waals surface area contributed by atoms with Gasteiger partial charge in [-0.2, -0.15) is 0 Å². The molecule has 2 N–H and O–H groups in total. The summed E-state index contributed by atoms with van der Waals surface area (Å²) in [4.78, 5) is 2.63. The van der Waals surface area contributed by atoms with Gasteiger partial charge in [-0.1, -0.05) is 32.6 Å². The maximum absolute atomic E-state index is 5.82. The molecule has 1 atom stereocenters. The van der Waals surface area contributed by atoms with E-state index >= 15 is 0 Å². The van der Waals surface area contributed by atoms with Crippen LogP contribution in [0.5, 0.6) is 0 Å². The van der Waals surface area contributed by atoms with Crippen LogP contribution in [-0.4, -0.2) is 31.1 Å². The zero-order chi connectivity index (χ0) is 10.7. The number of likely N-dealkylation sites (tertiary alicyclic amines) is 1. The van der Waals surface area contributed by atoms with E-state index < -0.39 is 0 Å². The van der Waals surface area contributed by atoms with E-state index in [1.165, 1.54) is 58.2 Å². The fraction of sp³-hybridized carbons (Fsp3) is 1.00. The predicted molar refractivity (Wildman–Crippen MR) is 72.0 cm³/mol. The quantitative estimate of drug-likeness (QED) is 0.827. The molecule has 0 radical (unpaired) electrons. The average Bonchev–Trinajstić information content (AvgIpc) is 2.85. The van der Waals surface area contributed by atoms with Gasteiger partial charge in [0.05, 0.1) is 0 Å². The van der Waals surface area contributed by atoms with Gasteiger partial charge in [-0.25, -0.2) is 0 Å². The highest BCUT2D eigenvalue weighted by Gasteiger charge is 2.32. The minimum atomic E-state index is 0. The molecule has 0 bridgehead atoms. The normalized spacial score (nSPS) is 31.9. The van der Waals surface area contributed by atoms with E-state index in [0.717, 1.165) is 12.5 Å². The average molecular weight is 247 g/mol. The zero-order valence-corrected chi connectivity index (χ0v) is 11.4. The number of hydrogen-bond donors (Lipinski definition) is 1. The molecule has 16 heavy (non-hydrogen) atoms.